The Kier molecular flexibility index (Phi) is 6.91. The Bertz CT molecular complexity index is 1390. The maximum absolute atomic E-state index is 14.0. The van der Waals surface area contributed by atoms with E-state index < -0.39 is 5.54 Å². The third-order valence-electron chi connectivity index (χ3n) is 9.40. The normalized spacial score (nSPS) is 21.2. The molecule has 0 aromatic heterocycles. The smallest absolute Gasteiger partial charge is 0.260 e. The van der Waals surface area contributed by atoms with Gasteiger partial charge in [0.2, 0.25) is 5.91 Å². The van der Waals surface area contributed by atoms with Gasteiger partial charge >= 0.3 is 0 Å². The molecule has 1 atom stereocenters. The van der Waals surface area contributed by atoms with E-state index in [1.807, 2.05) is 41.3 Å². The third-order valence-corrected chi connectivity index (χ3v) is 9.40. The fourth-order valence-electron chi connectivity index (χ4n) is 6.91. The van der Waals surface area contributed by atoms with E-state index in [1.54, 1.807) is 0 Å². The summed E-state index contributed by atoms with van der Waals surface area (Å²) in [5.41, 5.74) is 2.46. The zero-order valence-electron chi connectivity index (χ0n) is 23.5. The number of hydrogen-bond acceptors (Lipinski definition) is 5. The Morgan fingerprint density at radius 3 is 2.27 bits per heavy atom. The maximum Gasteiger partial charge on any atom is 0.260 e. The Balaban J connectivity index is 1.10. The minimum Gasteiger partial charge on any atom is -0.472 e. The molecular weight excluding hydrogens is 512 g/mol. The molecule has 4 aliphatic rings. The number of hydrogen-bond donors (Lipinski definition) is 0. The van der Waals surface area contributed by atoms with Crippen LogP contribution in [-0.2, 0) is 11.2 Å². The molecule has 1 aliphatic carbocycles. The fourth-order valence-corrected chi connectivity index (χ4v) is 6.91. The number of nitrogens with zero attached hydrogens (tertiary/aromatic N) is 4. The Labute approximate surface area is 242 Å². The van der Waals surface area contributed by atoms with Gasteiger partial charge in [0, 0.05) is 31.9 Å². The zero-order chi connectivity index (χ0) is 27.8. The van der Waals surface area contributed by atoms with E-state index in [2.05, 4.69) is 63.2 Å². The molecule has 7 rings (SSSR count). The van der Waals surface area contributed by atoms with Gasteiger partial charge < -0.3 is 24.3 Å². The zero-order valence-corrected chi connectivity index (χ0v) is 23.5. The summed E-state index contributed by atoms with van der Waals surface area (Å²) in [7, 11) is 0. The number of fused-ring (bicyclic) bond motifs is 1. The Hall–Kier alpha value is -3.84. The number of carbonyl (C=O) groups excluding carboxylic acids is 2. The first-order chi connectivity index (χ1) is 20.1. The Morgan fingerprint density at radius 2 is 1.54 bits per heavy atom. The summed E-state index contributed by atoms with van der Waals surface area (Å²) in [4.78, 5) is 36.5. The SMILES string of the molecule is O=C1c2ccccc2OCN1[C@@H](Cc1ccccc1)CN1CCC2(CC1)C(=O)N(CC1CC1)CN2c1ccccc1. The largest absolute Gasteiger partial charge is 0.472 e. The van der Waals surface area contributed by atoms with Crippen molar-refractivity contribution < 1.29 is 14.3 Å². The molecular formula is C34H38N4O3. The predicted octanol–water partition coefficient (Wildman–Crippen LogP) is 4.64. The Morgan fingerprint density at radius 1 is 0.854 bits per heavy atom. The van der Waals surface area contributed by atoms with Crippen LogP contribution in [0.3, 0.4) is 0 Å². The van der Waals surface area contributed by atoms with Gasteiger partial charge in [-0.3, -0.25) is 9.59 Å². The van der Waals surface area contributed by atoms with Crippen LogP contribution < -0.4 is 9.64 Å². The molecule has 7 nitrogen and oxygen atoms in total. The highest BCUT2D eigenvalue weighted by molar-refractivity contribution is 5.98. The second kappa shape index (κ2) is 10.9. The van der Waals surface area contributed by atoms with Crippen molar-refractivity contribution >= 4 is 17.5 Å². The molecule has 1 spiro atoms. The summed E-state index contributed by atoms with van der Waals surface area (Å²) in [6.45, 7) is 4.18. The number of para-hydroxylation sites is 2. The molecule has 3 aliphatic heterocycles. The third kappa shape index (κ3) is 5.08. The van der Waals surface area contributed by atoms with Gasteiger partial charge in [-0.15, -0.1) is 0 Å². The molecule has 0 unspecified atom stereocenters. The molecule has 2 amide bonds. The number of rotatable bonds is 8. The van der Waals surface area contributed by atoms with Crippen LogP contribution in [0.4, 0.5) is 5.69 Å². The molecule has 0 radical (unpaired) electrons. The van der Waals surface area contributed by atoms with Crippen molar-refractivity contribution in [2.75, 3.05) is 44.5 Å². The van der Waals surface area contributed by atoms with E-state index >= 15 is 0 Å². The number of carbonyl (C=O) groups is 2. The number of likely N-dealkylation sites (tertiary alicyclic amines) is 1. The molecule has 2 saturated heterocycles. The van der Waals surface area contributed by atoms with Crippen LogP contribution >= 0.6 is 0 Å². The number of anilines is 1. The van der Waals surface area contributed by atoms with Gasteiger partial charge in [0.1, 0.15) is 11.3 Å². The summed E-state index contributed by atoms with van der Waals surface area (Å²) in [6, 6.07) is 28.3. The maximum atomic E-state index is 14.0. The average molecular weight is 551 g/mol. The van der Waals surface area contributed by atoms with Crippen LogP contribution in [-0.4, -0.2) is 77.7 Å². The van der Waals surface area contributed by atoms with Crippen LogP contribution in [0.2, 0.25) is 0 Å². The number of piperidine rings is 1. The standard InChI is InChI=1S/C34H38N4O3/c39-32-30-13-7-8-14-31(30)41-25-37(32)29(21-26-9-3-1-4-10-26)23-35-19-17-34(18-20-35)33(40)36(22-27-15-16-27)24-38(34)28-11-5-2-6-12-28/h1-14,27,29H,15-25H2/t29-/m0/s1. The van der Waals surface area contributed by atoms with E-state index in [-0.39, 0.29) is 18.7 Å². The van der Waals surface area contributed by atoms with Crippen molar-refractivity contribution in [2.45, 2.75) is 43.7 Å². The number of benzene rings is 3. The minimum absolute atomic E-state index is 0.0261. The summed E-state index contributed by atoms with van der Waals surface area (Å²) in [5.74, 6) is 1.65. The second-order valence-corrected chi connectivity index (χ2v) is 12.1. The highest BCUT2D eigenvalue weighted by Crippen LogP contribution is 2.41. The first-order valence-corrected chi connectivity index (χ1v) is 15.0. The van der Waals surface area contributed by atoms with Gasteiger partial charge in [0.15, 0.2) is 6.73 Å². The van der Waals surface area contributed by atoms with Gasteiger partial charge in [-0.1, -0.05) is 60.7 Å². The summed E-state index contributed by atoms with van der Waals surface area (Å²) in [5, 5.41) is 0. The lowest BCUT2D eigenvalue weighted by molar-refractivity contribution is -0.133. The molecule has 3 aromatic carbocycles. The number of amides is 2. The van der Waals surface area contributed by atoms with E-state index in [0.717, 1.165) is 51.1 Å². The van der Waals surface area contributed by atoms with Gasteiger partial charge in [-0.05, 0) is 67.9 Å². The summed E-state index contributed by atoms with van der Waals surface area (Å²) in [6.07, 6.45) is 4.80. The van der Waals surface area contributed by atoms with Crippen LogP contribution in [0.25, 0.3) is 0 Å². The van der Waals surface area contributed by atoms with E-state index in [0.29, 0.717) is 29.8 Å². The second-order valence-electron chi connectivity index (χ2n) is 12.1. The van der Waals surface area contributed by atoms with Gasteiger partial charge in [-0.25, -0.2) is 0 Å². The van der Waals surface area contributed by atoms with Gasteiger partial charge in [0.05, 0.1) is 18.3 Å². The molecule has 1 saturated carbocycles. The molecule has 3 fully saturated rings. The average Bonchev–Trinajstić information content (AvgIpc) is 3.80. The minimum atomic E-state index is -0.495. The van der Waals surface area contributed by atoms with E-state index in [4.69, 9.17) is 4.74 Å². The van der Waals surface area contributed by atoms with Gasteiger partial charge in [-0.2, -0.15) is 0 Å². The highest BCUT2D eigenvalue weighted by Gasteiger charge is 2.54. The quantitative estimate of drug-likeness (QED) is 0.409. The van der Waals surface area contributed by atoms with Crippen molar-refractivity contribution in [3.63, 3.8) is 0 Å². The summed E-state index contributed by atoms with van der Waals surface area (Å²) >= 11 is 0. The van der Waals surface area contributed by atoms with Crippen LogP contribution in [0, 0.1) is 5.92 Å². The van der Waals surface area contributed by atoms with E-state index in [1.165, 1.54) is 18.4 Å². The van der Waals surface area contributed by atoms with Crippen molar-refractivity contribution in [2.24, 2.45) is 5.92 Å². The topological polar surface area (TPSA) is 56.3 Å². The molecule has 41 heavy (non-hydrogen) atoms. The monoisotopic (exact) mass is 550 g/mol. The first-order valence-electron chi connectivity index (χ1n) is 15.0. The molecule has 3 heterocycles. The molecule has 3 aromatic rings. The summed E-state index contributed by atoms with van der Waals surface area (Å²) < 4.78 is 6.05. The van der Waals surface area contributed by atoms with Crippen molar-refractivity contribution in [1.29, 1.82) is 0 Å². The number of ether oxygens (including phenoxy) is 1. The van der Waals surface area contributed by atoms with Crippen molar-refractivity contribution in [3.05, 3.63) is 96.1 Å². The molecule has 7 heteroatoms. The lowest BCUT2D eigenvalue weighted by atomic mass is 9.85. The molecule has 0 bridgehead atoms. The lowest BCUT2D eigenvalue weighted by Gasteiger charge is -2.45. The van der Waals surface area contributed by atoms with Crippen molar-refractivity contribution in [1.82, 2.24) is 14.7 Å². The lowest BCUT2D eigenvalue weighted by Crippen LogP contribution is -2.58. The van der Waals surface area contributed by atoms with Crippen LogP contribution in [0.5, 0.6) is 5.75 Å². The van der Waals surface area contributed by atoms with Crippen LogP contribution in [0.15, 0.2) is 84.9 Å². The first kappa shape index (κ1) is 26.1. The molecule has 212 valence electrons. The van der Waals surface area contributed by atoms with Crippen molar-refractivity contribution in [3.8, 4) is 5.75 Å². The predicted molar refractivity (Wildman–Crippen MR) is 159 cm³/mol. The van der Waals surface area contributed by atoms with Gasteiger partial charge in [0.25, 0.3) is 5.91 Å². The highest BCUT2D eigenvalue weighted by atomic mass is 16.5. The van der Waals surface area contributed by atoms with Crippen LogP contribution in [0.1, 0.15) is 41.6 Å². The fraction of sp³-hybridized carbons (Fsp3) is 0.412. The molecule has 0 N–H and O–H groups in total. The van der Waals surface area contributed by atoms with E-state index in [9.17, 15) is 9.59 Å².